The van der Waals surface area contributed by atoms with E-state index in [0.29, 0.717) is 0 Å². The third-order valence-electron chi connectivity index (χ3n) is 3.28. The highest BCUT2D eigenvalue weighted by molar-refractivity contribution is 7.17. The average molecular weight is 288 g/mol. The second-order valence-corrected chi connectivity index (χ2v) is 7.13. The van der Waals surface area contributed by atoms with Crippen molar-refractivity contribution in [1.82, 2.24) is 4.98 Å². The lowest BCUT2D eigenvalue weighted by molar-refractivity contribution is 0.875. The van der Waals surface area contributed by atoms with E-state index in [1.165, 1.54) is 25.4 Å². The van der Waals surface area contributed by atoms with Crippen LogP contribution in [0.5, 0.6) is 0 Å². The van der Waals surface area contributed by atoms with Gasteiger partial charge in [-0.1, -0.05) is 0 Å². The van der Waals surface area contributed by atoms with Crippen molar-refractivity contribution in [1.29, 1.82) is 0 Å². The van der Waals surface area contributed by atoms with Gasteiger partial charge in [-0.3, -0.25) is 0 Å². The smallest absolute Gasteiger partial charge is 0.135 e. The normalized spacial score (nSPS) is 12.8. The fourth-order valence-electron chi connectivity index (χ4n) is 2.37. The summed E-state index contributed by atoms with van der Waals surface area (Å²) in [4.78, 5) is 7.23. The first-order valence-corrected chi connectivity index (χ1v) is 8.00. The molecule has 4 heteroatoms. The van der Waals surface area contributed by atoms with Crippen LogP contribution in [-0.2, 0) is 0 Å². The molecule has 1 unspecified atom stereocenters. The molecule has 3 rings (SSSR count). The van der Waals surface area contributed by atoms with Gasteiger partial charge in [0.2, 0.25) is 0 Å². The Morgan fingerprint density at radius 3 is 2.84 bits per heavy atom. The molecule has 0 saturated heterocycles. The van der Waals surface area contributed by atoms with E-state index < -0.39 is 0 Å². The maximum atomic E-state index is 4.48. The van der Waals surface area contributed by atoms with E-state index in [1.54, 1.807) is 11.3 Å². The van der Waals surface area contributed by atoms with Crippen LogP contribution in [0.3, 0.4) is 0 Å². The third kappa shape index (κ3) is 2.38. The molecule has 19 heavy (non-hydrogen) atoms. The summed E-state index contributed by atoms with van der Waals surface area (Å²) in [7, 11) is 0. The quantitative estimate of drug-likeness (QED) is 0.721. The summed E-state index contributed by atoms with van der Waals surface area (Å²) in [6, 6.07) is 6.75. The number of hydrogen-bond donors (Lipinski definition) is 1. The highest BCUT2D eigenvalue weighted by atomic mass is 32.1. The van der Waals surface area contributed by atoms with Crippen LogP contribution in [-0.4, -0.2) is 4.98 Å². The van der Waals surface area contributed by atoms with Crippen molar-refractivity contribution >= 4 is 38.6 Å². The zero-order valence-corrected chi connectivity index (χ0v) is 12.9. The van der Waals surface area contributed by atoms with Crippen molar-refractivity contribution in [2.75, 3.05) is 5.32 Å². The fraction of sp³-hybridized carbons (Fsp3) is 0.267. The Balaban J connectivity index is 1.92. The molecule has 0 aliphatic rings. The van der Waals surface area contributed by atoms with Crippen molar-refractivity contribution in [3.05, 3.63) is 45.1 Å². The lowest BCUT2D eigenvalue weighted by atomic mass is 10.1. The third-order valence-corrected chi connectivity index (χ3v) is 5.14. The van der Waals surface area contributed by atoms with Crippen molar-refractivity contribution in [3.63, 3.8) is 0 Å². The number of aromatic nitrogens is 1. The summed E-state index contributed by atoms with van der Waals surface area (Å²) in [5.41, 5.74) is 1.37. The maximum Gasteiger partial charge on any atom is 0.135 e. The fourth-order valence-corrected chi connectivity index (χ4v) is 4.18. The summed E-state index contributed by atoms with van der Waals surface area (Å²) in [6.45, 7) is 6.54. The Morgan fingerprint density at radius 1 is 1.26 bits per heavy atom. The molecule has 0 fully saturated rings. The first-order chi connectivity index (χ1) is 9.15. The molecule has 0 radical (unpaired) electrons. The number of nitrogens with one attached hydrogen (secondary N) is 1. The van der Waals surface area contributed by atoms with Crippen LogP contribution in [0.1, 0.15) is 28.3 Å². The molecule has 0 amide bonds. The summed E-state index contributed by atoms with van der Waals surface area (Å²) in [6.07, 6.45) is 1.87. The molecule has 1 N–H and O–H groups in total. The lowest BCUT2D eigenvalue weighted by Crippen LogP contribution is -2.08. The molecular formula is C15H16N2S2. The van der Waals surface area contributed by atoms with E-state index in [9.17, 15) is 0 Å². The van der Waals surface area contributed by atoms with E-state index in [2.05, 4.69) is 54.7 Å². The van der Waals surface area contributed by atoms with Crippen LogP contribution in [0.4, 0.5) is 5.82 Å². The topological polar surface area (TPSA) is 24.9 Å². The summed E-state index contributed by atoms with van der Waals surface area (Å²) in [5.74, 6) is 0.981. The summed E-state index contributed by atoms with van der Waals surface area (Å²) in [5, 5.41) is 6.87. The molecule has 0 aliphatic carbocycles. The largest absolute Gasteiger partial charge is 0.363 e. The molecule has 2 nitrogen and oxygen atoms in total. The zero-order valence-electron chi connectivity index (χ0n) is 11.2. The molecule has 0 aromatic carbocycles. The van der Waals surface area contributed by atoms with Gasteiger partial charge in [-0.15, -0.1) is 22.7 Å². The Morgan fingerprint density at radius 2 is 2.11 bits per heavy atom. The van der Waals surface area contributed by atoms with Gasteiger partial charge in [-0.05, 0) is 49.9 Å². The van der Waals surface area contributed by atoms with E-state index in [0.717, 1.165) is 5.82 Å². The van der Waals surface area contributed by atoms with Gasteiger partial charge in [0.25, 0.3) is 0 Å². The van der Waals surface area contributed by atoms with Crippen molar-refractivity contribution in [2.24, 2.45) is 0 Å². The number of pyridine rings is 1. The van der Waals surface area contributed by atoms with Crippen LogP contribution in [0, 0.1) is 13.8 Å². The van der Waals surface area contributed by atoms with Gasteiger partial charge in [-0.25, -0.2) is 4.98 Å². The van der Waals surface area contributed by atoms with Crippen LogP contribution in [0.25, 0.3) is 10.1 Å². The molecule has 1 atom stereocenters. The molecule has 98 valence electrons. The zero-order chi connectivity index (χ0) is 13.4. The van der Waals surface area contributed by atoms with E-state index in [-0.39, 0.29) is 6.04 Å². The van der Waals surface area contributed by atoms with E-state index >= 15 is 0 Å². The standard InChI is InChI=1S/C15H16N2S2/c1-9-8-13(11(3)19-9)10(2)17-15-12-5-7-18-14(12)4-6-16-15/h4-8,10H,1-3H3,(H,16,17). The average Bonchev–Trinajstić information content (AvgIpc) is 2.96. The molecular weight excluding hydrogens is 272 g/mol. The monoisotopic (exact) mass is 288 g/mol. The first kappa shape index (κ1) is 12.6. The molecule has 0 aliphatic heterocycles. The molecule has 3 aromatic rings. The van der Waals surface area contributed by atoms with Crippen LogP contribution < -0.4 is 5.32 Å². The molecule has 3 heterocycles. The molecule has 0 bridgehead atoms. The highest BCUT2D eigenvalue weighted by Crippen LogP contribution is 2.31. The number of anilines is 1. The highest BCUT2D eigenvalue weighted by Gasteiger charge is 2.13. The minimum Gasteiger partial charge on any atom is -0.363 e. The predicted molar refractivity (Wildman–Crippen MR) is 85.5 cm³/mol. The number of thiophene rings is 2. The maximum absolute atomic E-state index is 4.48. The van der Waals surface area contributed by atoms with Crippen LogP contribution in [0.2, 0.25) is 0 Å². The minimum atomic E-state index is 0.281. The first-order valence-electron chi connectivity index (χ1n) is 6.31. The Hall–Kier alpha value is -1.39. The Kier molecular flexibility index (Phi) is 3.29. The van der Waals surface area contributed by atoms with Crippen LogP contribution >= 0.6 is 22.7 Å². The summed E-state index contributed by atoms with van der Waals surface area (Å²) >= 11 is 3.61. The van der Waals surface area contributed by atoms with E-state index in [4.69, 9.17) is 0 Å². The lowest BCUT2D eigenvalue weighted by Gasteiger charge is -2.15. The summed E-state index contributed by atoms with van der Waals surface area (Å²) < 4.78 is 1.28. The van der Waals surface area contributed by atoms with Gasteiger partial charge < -0.3 is 5.32 Å². The minimum absolute atomic E-state index is 0.281. The van der Waals surface area contributed by atoms with Crippen molar-refractivity contribution < 1.29 is 0 Å². The number of fused-ring (bicyclic) bond motifs is 1. The number of rotatable bonds is 3. The van der Waals surface area contributed by atoms with Gasteiger partial charge >= 0.3 is 0 Å². The van der Waals surface area contributed by atoms with Crippen LogP contribution in [0.15, 0.2) is 29.8 Å². The van der Waals surface area contributed by atoms with Crippen molar-refractivity contribution in [3.8, 4) is 0 Å². The number of hydrogen-bond acceptors (Lipinski definition) is 4. The number of aryl methyl sites for hydroxylation is 2. The molecule has 0 saturated carbocycles. The van der Waals surface area contributed by atoms with Gasteiger partial charge in [0.1, 0.15) is 5.82 Å². The molecule has 0 spiro atoms. The Bertz CT molecular complexity index is 712. The second-order valence-electron chi connectivity index (χ2n) is 4.73. The van der Waals surface area contributed by atoms with Gasteiger partial charge in [-0.2, -0.15) is 0 Å². The SMILES string of the molecule is Cc1cc(C(C)Nc2nccc3sccc23)c(C)s1. The molecule has 3 aromatic heterocycles. The van der Waals surface area contributed by atoms with Gasteiger partial charge in [0.15, 0.2) is 0 Å². The van der Waals surface area contributed by atoms with Gasteiger partial charge in [0.05, 0.1) is 6.04 Å². The number of nitrogens with zero attached hydrogens (tertiary/aromatic N) is 1. The van der Waals surface area contributed by atoms with Crippen molar-refractivity contribution in [2.45, 2.75) is 26.8 Å². The second kappa shape index (κ2) is 4.94. The van der Waals surface area contributed by atoms with E-state index in [1.807, 2.05) is 17.5 Å². The Labute approximate surface area is 121 Å². The predicted octanol–water partition coefficient (Wildman–Crippen LogP) is 5.15. The van der Waals surface area contributed by atoms with Gasteiger partial charge in [0, 0.05) is 26.0 Å².